The van der Waals surface area contributed by atoms with Crippen molar-refractivity contribution < 1.29 is 14.3 Å². The first-order valence-electron chi connectivity index (χ1n) is 7.91. The maximum absolute atomic E-state index is 11.7. The third-order valence-corrected chi connectivity index (χ3v) is 4.91. The lowest BCUT2D eigenvalue weighted by atomic mass is 10.2. The summed E-state index contributed by atoms with van der Waals surface area (Å²) >= 11 is 1.58. The van der Waals surface area contributed by atoms with Crippen LogP contribution in [0.2, 0.25) is 0 Å². The van der Waals surface area contributed by atoms with Crippen LogP contribution in [-0.4, -0.2) is 23.0 Å². The van der Waals surface area contributed by atoms with Gasteiger partial charge in [-0.3, -0.25) is 0 Å². The van der Waals surface area contributed by atoms with Crippen LogP contribution in [-0.2, 0) is 4.74 Å². The second-order valence-electron chi connectivity index (χ2n) is 5.50. The largest absolute Gasteiger partial charge is 0.465 e. The summed E-state index contributed by atoms with van der Waals surface area (Å²) in [5, 5.41) is 0.833. The zero-order chi connectivity index (χ0) is 17.9. The normalized spacial score (nSPS) is 10.7. The molecule has 0 aliphatic carbocycles. The summed E-state index contributed by atoms with van der Waals surface area (Å²) in [5.41, 5.74) is 1.54. The van der Waals surface area contributed by atoms with Crippen molar-refractivity contribution in [1.29, 1.82) is 0 Å². The molecule has 0 spiro atoms. The van der Waals surface area contributed by atoms with Gasteiger partial charge in [0.05, 0.1) is 18.1 Å². The van der Waals surface area contributed by atoms with Gasteiger partial charge in [-0.25, -0.2) is 14.8 Å². The molecule has 4 rings (SSSR count). The van der Waals surface area contributed by atoms with Crippen LogP contribution in [0.5, 0.6) is 11.6 Å². The Bertz CT molecular complexity index is 1080. The Hall–Kier alpha value is -3.25. The summed E-state index contributed by atoms with van der Waals surface area (Å²) in [5.74, 6) is 0.556. The number of ether oxygens (including phenoxy) is 2. The molecule has 0 bridgehead atoms. The van der Waals surface area contributed by atoms with Crippen LogP contribution >= 0.6 is 11.3 Å². The predicted molar refractivity (Wildman–Crippen MR) is 101 cm³/mol. The summed E-state index contributed by atoms with van der Waals surface area (Å²) in [6.45, 7) is 0. The van der Waals surface area contributed by atoms with E-state index in [0.717, 1.165) is 20.7 Å². The van der Waals surface area contributed by atoms with Gasteiger partial charge in [0.1, 0.15) is 16.9 Å². The molecular formula is C20H14N2O3S. The Balaban J connectivity index is 1.71. The van der Waals surface area contributed by atoms with Crippen LogP contribution < -0.4 is 4.74 Å². The molecule has 0 saturated carbocycles. The molecule has 0 saturated heterocycles. The second kappa shape index (κ2) is 6.93. The molecule has 0 amide bonds. The van der Waals surface area contributed by atoms with E-state index in [2.05, 4.69) is 22.1 Å². The molecule has 0 fully saturated rings. The highest BCUT2D eigenvalue weighted by atomic mass is 32.1. The smallest absolute Gasteiger partial charge is 0.337 e. The third-order valence-electron chi connectivity index (χ3n) is 3.82. The van der Waals surface area contributed by atoms with Gasteiger partial charge in [-0.05, 0) is 29.8 Å². The Kier molecular flexibility index (Phi) is 4.33. The van der Waals surface area contributed by atoms with Crippen LogP contribution in [0.15, 0.2) is 67.0 Å². The monoisotopic (exact) mass is 362 g/mol. The molecular weight excluding hydrogens is 348 g/mol. The highest BCUT2D eigenvalue weighted by molar-refractivity contribution is 7.21. The van der Waals surface area contributed by atoms with Gasteiger partial charge in [-0.1, -0.05) is 36.4 Å². The van der Waals surface area contributed by atoms with E-state index in [4.69, 9.17) is 9.47 Å². The minimum atomic E-state index is -0.412. The van der Waals surface area contributed by atoms with Crippen LogP contribution in [0.1, 0.15) is 10.4 Å². The lowest BCUT2D eigenvalue weighted by Gasteiger charge is -2.06. The fourth-order valence-corrected chi connectivity index (χ4v) is 3.57. The minimum absolute atomic E-state index is 0.412. The van der Waals surface area contributed by atoms with Crippen LogP contribution in [0, 0.1) is 0 Å². The van der Waals surface area contributed by atoms with Gasteiger partial charge in [0.15, 0.2) is 0 Å². The number of carbonyl (C=O) groups excluding carboxylic acids is 1. The van der Waals surface area contributed by atoms with Gasteiger partial charge in [-0.2, -0.15) is 0 Å². The molecule has 26 heavy (non-hydrogen) atoms. The van der Waals surface area contributed by atoms with Crippen molar-refractivity contribution in [3.63, 3.8) is 0 Å². The van der Waals surface area contributed by atoms with Gasteiger partial charge >= 0.3 is 5.97 Å². The molecule has 2 aromatic carbocycles. The first-order valence-corrected chi connectivity index (χ1v) is 8.72. The average molecular weight is 362 g/mol. The Morgan fingerprint density at radius 3 is 2.65 bits per heavy atom. The highest BCUT2D eigenvalue weighted by Crippen LogP contribution is 2.37. The fraction of sp³-hybridized carbons (Fsp3) is 0.0500. The zero-order valence-electron chi connectivity index (χ0n) is 13.9. The Morgan fingerprint density at radius 1 is 1.00 bits per heavy atom. The molecule has 0 radical (unpaired) electrons. The SMILES string of the molecule is COC(=O)c1cccc(Oc2ncnc3sc(-c4ccccc4)cc23)c1. The molecule has 5 nitrogen and oxygen atoms in total. The minimum Gasteiger partial charge on any atom is -0.465 e. The van der Waals surface area contributed by atoms with Crippen molar-refractivity contribution in [2.45, 2.75) is 0 Å². The van der Waals surface area contributed by atoms with Crippen molar-refractivity contribution in [2.24, 2.45) is 0 Å². The standard InChI is InChI=1S/C20H14N2O3S/c1-24-20(23)14-8-5-9-15(10-14)25-18-16-11-17(13-6-3-2-4-7-13)26-19(16)22-12-21-18/h2-12H,1H3. The average Bonchev–Trinajstić information content (AvgIpc) is 3.14. The Labute approximate surface area is 153 Å². The van der Waals surface area contributed by atoms with E-state index in [1.54, 1.807) is 35.6 Å². The van der Waals surface area contributed by atoms with Crippen molar-refractivity contribution >= 4 is 27.5 Å². The van der Waals surface area contributed by atoms with Crippen LogP contribution in [0.25, 0.3) is 20.7 Å². The van der Waals surface area contributed by atoms with Gasteiger partial charge in [0.2, 0.25) is 5.88 Å². The second-order valence-corrected chi connectivity index (χ2v) is 6.53. The lowest BCUT2D eigenvalue weighted by molar-refractivity contribution is 0.0600. The van der Waals surface area contributed by atoms with E-state index in [1.807, 2.05) is 24.3 Å². The summed E-state index contributed by atoms with van der Waals surface area (Å²) in [7, 11) is 1.35. The number of hydrogen-bond acceptors (Lipinski definition) is 6. The zero-order valence-corrected chi connectivity index (χ0v) is 14.7. The molecule has 0 aliphatic heterocycles. The van der Waals surface area contributed by atoms with Gasteiger partial charge in [0, 0.05) is 4.88 Å². The molecule has 0 atom stereocenters. The molecule has 2 heterocycles. The number of esters is 1. The summed E-state index contributed by atoms with van der Waals surface area (Å²) in [6, 6.07) is 18.9. The molecule has 128 valence electrons. The van der Waals surface area contributed by atoms with E-state index in [1.165, 1.54) is 13.4 Å². The third kappa shape index (κ3) is 3.14. The quantitative estimate of drug-likeness (QED) is 0.481. The summed E-state index contributed by atoms with van der Waals surface area (Å²) in [4.78, 5) is 22.2. The number of rotatable bonds is 4. The number of thiophene rings is 1. The number of fused-ring (bicyclic) bond motifs is 1. The predicted octanol–water partition coefficient (Wildman–Crippen LogP) is 4.94. The van der Waals surface area contributed by atoms with Gasteiger partial charge < -0.3 is 9.47 Å². The maximum atomic E-state index is 11.7. The first-order chi connectivity index (χ1) is 12.7. The topological polar surface area (TPSA) is 61.3 Å². The molecule has 0 aliphatic rings. The number of nitrogens with zero attached hydrogens (tertiary/aromatic N) is 2. The van der Waals surface area contributed by atoms with Gasteiger partial charge in [-0.15, -0.1) is 11.3 Å². The van der Waals surface area contributed by atoms with E-state index in [-0.39, 0.29) is 0 Å². The van der Waals surface area contributed by atoms with Crippen molar-refractivity contribution in [3.8, 4) is 22.1 Å². The van der Waals surface area contributed by atoms with Crippen molar-refractivity contribution in [2.75, 3.05) is 7.11 Å². The number of aromatic nitrogens is 2. The lowest BCUT2D eigenvalue weighted by Crippen LogP contribution is -2.01. The Morgan fingerprint density at radius 2 is 1.85 bits per heavy atom. The first kappa shape index (κ1) is 16.2. The number of benzene rings is 2. The number of carbonyl (C=O) groups is 1. The van der Waals surface area contributed by atoms with E-state index in [0.29, 0.717) is 17.2 Å². The van der Waals surface area contributed by atoms with Crippen LogP contribution in [0.3, 0.4) is 0 Å². The van der Waals surface area contributed by atoms with Crippen molar-refractivity contribution in [3.05, 3.63) is 72.6 Å². The van der Waals surface area contributed by atoms with Crippen LogP contribution in [0.4, 0.5) is 0 Å². The number of methoxy groups -OCH3 is 1. The number of hydrogen-bond donors (Lipinski definition) is 0. The van der Waals surface area contributed by atoms with Crippen molar-refractivity contribution in [1.82, 2.24) is 9.97 Å². The summed E-state index contributed by atoms with van der Waals surface area (Å²) in [6.07, 6.45) is 1.48. The van der Waals surface area contributed by atoms with E-state index >= 15 is 0 Å². The van der Waals surface area contributed by atoms with Gasteiger partial charge in [0.25, 0.3) is 0 Å². The summed E-state index contributed by atoms with van der Waals surface area (Å²) < 4.78 is 10.7. The molecule has 0 unspecified atom stereocenters. The molecule has 4 aromatic rings. The fourth-order valence-electron chi connectivity index (χ4n) is 2.58. The van der Waals surface area contributed by atoms with E-state index in [9.17, 15) is 4.79 Å². The van der Waals surface area contributed by atoms with E-state index < -0.39 is 5.97 Å². The molecule has 0 N–H and O–H groups in total. The molecule has 2 aromatic heterocycles. The highest BCUT2D eigenvalue weighted by Gasteiger charge is 2.13. The maximum Gasteiger partial charge on any atom is 0.337 e. The molecule has 6 heteroatoms.